The van der Waals surface area contributed by atoms with Gasteiger partial charge in [-0.15, -0.1) is 0 Å². The molecule has 11 heavy (non-hydrogen) atoms. The van der Waals surface area contributed by atoms with Crippen molar-refractivity contribution in [1.82, 2.24) is 0 Å². The molecule has 0 saturated heterocycles. The van der Waals surface area contributed by atoms with Crippen molar-refractivity contribution in [2.75, 3.05) is 14.2 Å². The topological polar surface area (TPSA) is 79.6 Å². The summed E-state index contributed by atoms with van der Waals surface area (Å²) in [6, 6.07) is 0. The third kappa shape index (κ3) is 2.31. The van der Waals surface area contributed by atoms with Crippen LogP contribution < -0.4 is 0 Å². The van der Waals surface area contributed by atoms with Gasteiger partial charge in [-0.1, -0.05) is 0 Å². The second-order valence-electron chi connectivity index (χ2n) is 1.92. The van der Waals surface area contributed by atoms with Gasteiger partial charge >= 0.3 is 64.5 Å². The zero-order valence-electron chi connectivity index (χ0n) is 6.67. The monoisotopic (exact) mass is 181 g/mol. The van der Waals surface area contributed by atoms with E-state index in [4.69, 9.17) is 5.41 Å². The van der Waals surface area contributed by atoms with Crippen LogP contribution in [0.2, 0.25) is 0 Å². The molecule has 0 bridgehead atoms. The molecular weight excluding hydrogens is 169 g/mol. The van der Waals surface area contributed by atoms with Gasteiger partial charge in [0.05, 0.1) is 0 Å². The summed E-state index contributed by atoms with van der Waals surface area (Å²) < 4.78 is 9.07. The molecule has 0 aromatic heterocycles. The van der Waals surface area contributed by atoms with Crippen LogP contribution in [0.15, 0.2) is 0 Å². The van der Waals surface area contributed by atoms with Crippen molar-refractivity contribution in [3.05, 3.63) is 0 Å². The van der Waals surface area contributed by atoms with E-state index in [1.807, 2.05) is 0 Å². The van der Waals surface area contributed by atoms with Crippen LogP contribution in [0.4, 0.5) is 0 Å². The fourth-order valence-electron chi connectivity index (χ4n) is 0.510. The third-order valence-electron chi connectivity index (χ3n) is 1.22. The Kier molecular flexibility index (Phi) is 3.75. The van der Waals surface area contributed by atoms with E-state index in [1.165, 1.54) is 21.1 Å². The van der Waals surface area contributed by atoms with Gasteiger partial charge in [0, 0.05) is 0 Å². The zero-order chi connectivity index (χ0) is 9.07. The maximum atomic E-state index is 10.6. The van der Waals surface area contributed by atoms with E-state index in [2.05, 4.69) is 9.05 Å². The number of ketones is 1. The molecule has 0 aliphatic heterocycles. The summed E-state index contributed by atoms with van der Waals surface area (Å²) >= 11 is 0. The average Bonchev–Trinajstić information content (AvgIpc) is 2.01. The van der Waals surface area contributed by atoms with Crippen LogP contribution in [0.1, 0.15) is 6.92 Å². The van der Waals surface area contributed by atoms with E-state index in [-0.39, 0.29) is 0 Å². The molecule has 0 rings (SSSR count). The fraction of sp³-hybridized carbons (Fsp3) is 0.600. The third-order valence-corrected chi connectivity index (χ3v) is 3.31. The number of hydrogen-bond acceptors (Lipinski definition) is 5. The van der Waals surface area contributed by atoms with Gasteiger partial charge in [0.15, 0.2) is 0 Å². The average molecular weight is 181 g/mol. The molecule has 0 amide bonds. The van der Waals surface area contributed by atoms with Crippen molar-refractivity contribution in [3.8, 4) is 0 Å². The number of carbonyl (C=O) groups is 1. The SMILES string of the molecule is CO[PH](O)(OC)C(=N)C(C)=O. The molecule has 2 N–H and O–H groups in total. The van der Waals surface area contributed by atoms with Gasteiger partial charge in [0.2, 0.25) is 0 Å². The molecule has 0 saturated carbocycles. The summed E-state index contributed by atoms with van der Waals surface area (Å²) in [7, 11) is -1.23. The molecule has 5 nitrogen and oxygen atoms in total. The van der Waals surface area contributed by atoms with Gasteiger partial charge in [-0.05, 0) is 0 Å². The summed E-state index contributed by atoms with van der Waals surface area (Å²) in [5.41, 5.74) is -0.484. The Morgan fingerprint density at radius 1 is 1.45 bits per heavy atom. The molecule has 0 aromatic rings. The Morgan fingerprint density at radius 2 is 1.82 bits per heavy atom. The minimum atomic E-state index is -3.63. The first-order chi connectivity index (χ1) is 4.98. The van der Waals surface area contributed by atoms with Gasteiger partial charge in [0.1, 0.15) is 0 Å². The number of rotatable bonds is 4. The molecule has 0 spiro atoms. The van der Waals surface area contributed by atoms with Gasteiger partial charge in [0.25, 0.3) is 0 Å². The van der Waals surface area contributed by atoms with Crippen molar-refractivity contribution in [1.29, 1.82) is 5.41 Å². The van der Waals surface area contributed by atoms with E-state index < -0.39 is 19.2 Å². The molecule has 0 heterocycles. The van der Waals surface area contributed by atoms with E-state index in [1.54, 1.807) is 0 Å². The molecule has 0 atom stereocenters. The Morgan fingerprint density at radius 3 is 1.91 bits per heavy atom. The van der Waals surface area contributed by atoms with Crippen molar-refractivity contribution in [2.45, 2.75) is 6.92 Å². The predicted octanol–water partition coefficient (Wildman–Crippen LogP) is 0.333. The van der Waals surface area contributed by atoms with Crippen LogP contribution >= 0.6 is 7.94 Å². The van der Waals surface area contributed by atoms with Crippen LogP contribution in [-0.4, -0.2) is 30.3 Å². The van der Waals surface area contributed by atoms with Crippen molar-refractivity contribution < 1.29 is 18.7 Å². The first-order valence-corrected chi connectivity index (χ1v) is 4.67. The maximum absolute atomic E-state index is 10.6. The molecule has 0 fully saturated rings. The Bertz CT molecular complexity index is 177. The van der Waals surface area contributed by atoms with Crippen LogP contribution in [-0.2, 0) is 13.8 Å². The summed E-state index contributed by atoms with van der Waals surface area (Å²) in [5, 5.41) is 7.11. The molecule has 6 heteroatoms. The quantitative estimate of drug-likeness (QED) is 0.484. The summed E-state index contributed by atoms with van der Waals surface area (Å²) in [6.45, 7) is 1.18. The second kappa shape index (κ2) is 3.88. The molecule has 0 aromatic carbocycles. The van der Waals surface area contributed by atoms with Gasteiger partial charge < -0.3 is 0 Å². The summed E-state index contributed by atoms with van der Waals surface area (Å²) in [5.74, 6) is -0.539. The molecule has 66 valence electrons. The van der Waals surface area contributed by atoms with E-state index in [0.717, 1.165) is 0 Å². The van der Waals surface area contributed by atoms with E-state index in [0.29, 0.717) is 0 Å². The van der Waals surface area contributed by atoms with Crippen LogP contribution in [0.5, 0.6) is 0 Å². The van der Waals surface area contributed by atoms with Crippen molar-refractivity contribution in [3.63, 3.8) is 0 Å². The van der Waals surface area contributed by atoms with Gasteiger partial charge in [-0.2, -0.15) is 0 Å². The van der Waals surface area contributed by atoms with Crippen molar-refractivity contribution in [2.24, 2.45) is 0 Å². The van der Waals surface area contributed by atoms with E-state index >= 15 is 0 Å². The Labute approximate surface area is 65.4 Å². The molecular formula is C5H12NO4P. The first kappa shape index (κ1) is 10.7. The summed E-state index contributed by atoms with van der Waals surface area (Å²) in [4.78, 5) is 19.9. The number of hydrogen-bond donors (Lipinski definition) is 2. The van der Waals surface area contributed by atoms with Gasteiger partial charge in [-0.25, -0.2) is 0 Å². The van der Waals surface area contributed by atoms with Crippen LogP contribution in [0, 0.1) is 5.41 Å². The van der Waals surface area contributed by atoms with Crippen LogP contribution in [0.25, 0.3) is 0 Å². The van der Waals surface area contributed by atoms with Crippen molar-refractivity contribution >= 4 is 19.2 Å². The molecule has 0 radical (unpaired) electrons. The van der Waals surface area contributed by atoms with Gasteiger partial charge in [-0.3, -0.25) is 0 Å². The second-order valence-corrected chi connectivity index (χ2v) is 4.40. The zero-order valence-corrected chi connectivity index (χ0v) is 7.67. The number of Topliss-reactive ketones (excluding diaryl/α,β-unsaturated/α-hetero) is 1. The first-order valence-electron chi connectivity index (χ1n) is 2.90. The fourth-order valence-corrected chi connectivity index (χ4v) is 1.53. The predicted molar refractivity (Wildman–Crippen MR) is 43.0 cm³/mol. The van der Waals surface area contributed by atoms with E-state index in [9.17, 15) is 9.69 Å². The summed E-state index contributed by atoms with van der Waals surface area (Å²) in [6.07, 6.45) is 0. The molecule has 0 aliphatic carbocycles. The number of nitrogens with one attached hydrogen (secondary N) is 1. The van der Waals surface area contributed by atoms with Crippen LogP contribution in [0.3, 0.4) is 0 Å². The number of carbonyl (C=O) groups excluding carboxylic acids is 1. The minimum absolute atomic E-state index is 0.484. The molecule has 0 aliphatic rings. The molecule has 0 unspecified atom stereocenters. The standard InChI is InChI=1S/C5H12NO4P/c1-4(7)5(6)11(8,9-2)10-3/h6,8,11H,1-3H3. The Hall–Kier alpha value is -0.350. The normalized spacial score (nSPS) is 12.7. The Balaban J connectivity index is 4.50.